The minimum Gasteiger partial charge on any atom is -0.347 e. The van der Waals surface area contributed by atoms with Gasteiger partial charge in [0.05, 0.1) is 12.2 Å². The highest BCUT2D eigenvalue weighted by molar-refractivity contribution is 5.95. The Morgan fingerprint density at radius 3 is 2.67 bits per heavy atom. The van der Waals surface area contributed by atoms with Gasteiger partial charge in [-0.3, -0.25) is 4.79 Å². The van der Waals surface area contributed by atoms with Crippen molar-refractivity contribution >= 4 is 11.9 Å². The van der Waals surface area contributed by atoms with Gasteiger partial charge >= 0.3 is 0 Å². The van der Waals surface area contributed by atoms with Crippen LogP contribution in [0.25, 0.3) is 0 Å². The minimum atomic E-state index is -0.0856. The summed E-state index contributed by atoms with van der Waals surface area (Å²) in [4.78, 5) is 22.6. The van der Waals surface area contributed by atoms with Crippen LogP contribution in [0.4, 0.5) is 5.95 Å². The van der Waals surface area contributed by atoms with Gasteiger partial charge in [-0.1, -0.05) is 17.7 Å². The summed E-state index contributed by atoms with van der Waals surface area (Å²) < 4.78 is 0. The number of carbonyl (C=O) groups excluding carboxylic acids is 1. The van der Waals surface area contributed by atoms with Crippen molar-refractivity contribution < 1.29 is 4.79 Å². The molecule has 0 aliphatic carbocycles. The molecule has 0 radical (unpaired) electrons. The number of hydrogen-bond donors (Lipinski definition) is 1. The molecule has 0 fully saturated rings. The quantitative estimate of drug-likeness (QED) is 0.934. The molecule has 2 aromatic rings. The predicted octanol–water partition coefficient (Wildman–Crippen LogP) is 2.09. The average molecular weight is 284 g/mol. The van der Waals surface area contributed by atoms with Crippen LogP contribution in [0.15, 0.2) is 30.5 Å². The molecular weight excluding hydrogens is 264 g/mol. The fourth-order valence-corrected chi connectivity index (χ4v) is 2.03. The van der Waals surface area contributed by atoms with E-state index in [9.17, 15) is 4.79 Å². The Bertz CT molecular complexity index is 652. The number of rotatable bonds is 4. The van der Waals surface area contributed by atoms with Crippen molar-refractivity contribution in [2.75, 3.05) is 19.0 Å². The Hall–Kier alpha value is -2.43. The summed E-state index contributed by atoms with van der Waals surface area (Å²) in [5, 5.41) is 2.89. The van der Waals surface area contributed by atoms with Crippen molar-refractivity contribution in [2.45, 2.75) is 20.4 Å². The monoisotopic (exact) mass is 284 g/mol. The summed E-state index contributed by atoms with van der Waals surface area (Å²) in [5.41, 5.74) is 3.61. The molecule has 0 aliphatic rings. The summed E-state index contributed by atoms with van der Waals surface area (Å²) in [7, 11) is 3.76. The smallest absolute Gasteiger partial charge is 0.251 e. The van der Waals surface area contributed by atoms with Gasteiger partial charge in [0.1, 0.15) is 0 Å². The first-order chi connectivity index (χ1) is 9.97. The predicted molar refractivity (Wildman–Crippen MR) is 83.4 cm³/mol. The fourth-order valence-electron chi connectivity index (χ4n) is 2.03. The van der Waals surface area contributed by atoms with Gasteiger partial charge in [0.2, 0.25) is 5.95 Å². The van der Waals surface area contributed by atoms with Gasteiger partial charge < -0.3 is 10.2 Å². The molecule has 0 aliphatic heterocycles. The molecule has 1 aromatic carbocycles. The zero-order valence-corrected chi connectivity index (χ0v) is 12.8. The maximum atomic E-state index is 12.2. The SMILES string of the molecule is Cc1ccc(C(=O)NCc2ccnc(N(C)C)n2)c(C)c1. The molecule has 5 nitrogen and oxygen atoms in total. The van der Waals surface area contributed by atoms with Crippen molar-refractivity contribution in [3.8, 4) is 0 Å². The Morgan fingerprint density at radius 2 is 2.00 bits per heavy atom. The molecule has 0 atom stereocenters. The standard InChI is InChI=1S/C16H20N4O/c1-11-5-6-14(12(2)9-11)15(21)18-10-13-7-8-17-16(19-13)20(3)4/h5-9H,10H2,1-4H3,(H,18,21). The molecule has 0 saturated heterocycles. The third-order valence-corrected chi connectivity index (χ3v) is 3.16. The van der Waals surface area contributed by atoms with E-state index in [1.807, 2.05) is 51.0 Å². The highest BCUT2D eigenvalue weighted by atomic mass is 16.1. The van der Waals surface area contributed by atoms with E-state index in [0.29, 0.717) is 18.1 Å². The number of benzene rings is 1. The van der Waals surface area contributed by atoms with Crippen LogP contribution in [-0.4, -0.2) is 30.0 Å². The Kier molecular flexibility index (Phi) is 4.52. The van der Waals surface area contributed by atoms with Gasteiger partial charge in [0.25, 0.3) is 5.91 Å². The second-order valence-corrected chi connectivity index (χ2v) is 5.24. The van der Waals surface area contributed by atoms with Crippen LogP contribution in [0.1, 0.15) is 27.2 Å². The lowest BCUT2D eigenvalue weighted by Crippen LogP contribution is -2.24. The molecule has 5 heteroatoms. The number of hydrogen-bond acceptors (Lipinski definition) is 4. The molecule has 110 valence electrons. The largest absolute Gasteiger partial charge is 0.347 e. The van der Waals surface area contributed by atoms with Gasteiger partial charge in [-0.25, -0.2) is 9.97 Å². The first-order valence-electron chi connectivity index (χ1n) is 6.82. The van der Waals surface area contributed by atoms with Crippen LogP contribution >= 0.6 is 0 Å². The van der Waals surface area contributed by atoms with Gasteiger partial charge in [-0.05, 0) is 31.5 Å². The third kappa shape index (κ3) is 3.78. The van der Waals surface area contributed by atoms with Gasteiger partial charge in [0.15, 0.2) is 0 Å². The van der Waals surface area contributed by atoms with Crippen LogP contribution in [0.5, 0.6) is 0 Å². The maximum absolute atomic E-state index is 12.2. The summed E-state index contributed by atoms with van der Waals surface area (Å²) >= 11 is 0. The molecule has 21 heavy (non-hydrogen) atoms. The van der Waals surface area contributed by atoms with Crippen LogP contribution < -0.4 is 10.2 Å². The lowest BCUT2D eigenvalue weighted by Gasteiger charge is -2.11. The van der Waals surface area contributed by atoms with Crippen molar-refractivity contribution in [1.29, 1.82) is 0 Å². The Labute approximate surface area is 125 Å². The first kappa shape index (κ1) is 15.0. The fraction of sp³-hybridized carbons (Fsp3) is 0.312. The lowest BCUT2D eigenvalue weighted by molar-refractivity contribution is 0.0950. The maximum Gasteiger partial charge on any atom is 0.251 e. The number of carbonyl (C=O) groups is 1. The highest BCUT2D eigenvalue weighted by Gasteiger charge is 2.09. The van der Waals surface area contributed by atoms with Crippen molar-refractivity contribution in [1.82, 2.24) is 15.3 Å². The highest BCUT2D eigenvalue weighted by Crippen LogP contribution is 2.10. The lowest BCUT2D eigenvalue weighted by atomic mass is 10.1. The Balaban J connectivity index is 2.05. The number of aryl methyl sites for hydroxylation is 2. The first-order valence-corrected chi connectivity index (χ1v) is 6.82. The van der Waals surface area contributed by atoms with Crippen LogP contribution in [-0.2, 0) is 6.54 Å². The molecule has 0 spiro atoms. The van der Waals surface area contributed by atoms with Crippen LogP contribution in [0.3, 0.4) is 0 Å². The third-order valence-electron chi connectivity index (χ3n) is 3.16. The molecule has 0 saturated carbocycles. The number of nitrogens with one attached hydrogen (secondary N) is 1. The van der Waals surface area contributed by atoms with E-state index in [-0.39, 0.29) is 5.91 Å². The zero-order valence-electron chi connectivity index (χ0n) is 12.8. The van der Waals surface area contributed by atoms with Crippen molar-refractivity contribution in [3.63, 3.8) is 0 Å². The molecule has 2 rings (SSSR count). The summed E-state index contributed by atoms with van der Waals surface area (Å²) in [6, 6.07) is 7.60. The summed E-state index contributed by atoms with van der Waals surface area (Å²) in [6.45, 7) is 4.34. The molecule has 0 bridgehead atoms. The van der Waals surface area contributed by atoms with Crippen molar-refractivity contribution in [3.05, 3.63) is 52.8 Å². The van der Waals surface area contributed by atoms with Crippen LogP contribution in [0, 0.1) is 13.8 Å². The summed E-state index contributed by atoms with van der Waals surface area (Å²) in [5.74, 6) is 0.547. The van der Waals surface area contributed by atoms with E-state index in [4.69, 9.17) is 0 Å². The number of anilines is 1. The zero-order chi connectivity index (χ0) is 15.4. The van der Waals surface area contributed by atoms with E-state index in [2.05, 4.69) is 15.3 Å². The molecule has 1 aromatic heterocycles. The molecule has 1 N–H and O–H groups in total. The van der Waals surface area contributed by atoms with Gasteiger partial charge in [-0.2, -0.15) is 0 Å². The second-order valence-electron chi connectivity index (χ2n) is 5.24. The average Bonchev–Trinajstić information content (AvgIpc) is 2.45. The molecule has 1 heterocycles. The van der Waals surface area contributed by atoms with E-state index >= 15 is 0 Å². The number of nitrogens with zero attached hydrogens (tertiary/aromatic N) is 3. The Morgan fingerprint density at radius 1 is 1.24 bits per heavy atom. The topological polar surface area (TPSA) is 58.1 Å². The van der Waals surface area contributed by atoms with E-state index in [1.165, 1.54) is 0 Å². The van der Waals surface area contributed by atoms with E-state index in [1.54, 1.807) is 12.3 Å². The van der Waals surface area contributed by atoms with Gasteiger partial charge in [0, 0.05) is 25.9 Å². The molecule has 1 amide bonds. The van der Waals surface area contributed by atoms with Crippen molar-refractivity contribution in [2.24, 2.45) is 0 Å². The van der Waals surface area contributed by atoms with Crippen LogP contribution in [0.2, 0.25) is 0 Å². The normalized spacial score (nSPS) is 10.3. The minimum absolute atomic E-state index is 0.0856. The summed E-state index contributed by atoms with van der Waals surface area (Å²) in [6.07, 6.45) is 1.70. The number of aromatic nitrogens is 2. The molecule has 0 unspecified atom stereocenters. The molecular formula is C16H20N4O. The second kappa shape index (κ2) is 6.35. The van der Waals surface area contributed by atoms with E-state index in [0.717, 1.165) is 16.8 Å². The van der Waals surface area contributed by atoms with E-state index < -0.39 is 0 Å². The van der Waals surface area contributed by atoms with Gasteiger partial charge in [-0.15, -0.1) is 0 Å². The number of amides is 1.